The van der Waals surface area contributed by atoms with Crippen LogP contribution in [0.4, 0.5) is 13.2 Å². The van der Waals surface area contributed by atoms with Gasteiger partial charge < -0.3 is 5.73 Å². The summed E-state index contributed by atoms with van der Waals surface area (Å²) < 4.78 is 36.2. The third-order valence-corrected chi connectivity index (χ3v) is 1.80. The van der Waals surface area contributed by atoms with E-state index in [9.17, 15) is 13.2 Å². The first-order valence-electron chi connectivity index (χ1n) is 4.14. The summed E-state index contributed by atoms with van der Waals surface area (Å²) in [5.41, 5.74) is 6.03. The molecule has 2 nitrogen and oxygen atoms in total. The van der Waals surface area contributed by atoms with E-state index >= 15 is 0 Å². The zero-order chi connectivity index (χ0) is 10.8. The van der Waals surface area contributed by atoms with Gasteiger partial charge in [-0.05, 0) is 19.1 Å². The van der Waals surface area contributed by atoms with Crippen LogP contribution in [0.5, 0.6) is 0 Å². The minimum atomic E-state index is -4.36. The quantitative estimate of drug-likeness (QED) is 0.798. The first-order valence-corrected chi connectivity index (χ1v) is 4.14. The molecule has 0 amide bonds. The number of aromatic nitrogens is 1. The van der Waals surface area contributed by atoms with Gasteiger partial charge in [-0.15, -0.1) is 0 Å². The summed E-state index contributed by atoms with van der Waals surface area (Å²) in [6.07, 6.45) is -4.63. The molecule has 0 aromatic carbocycles. The van der Waals surface area contributed by atoms with E-state index in [0.29, 0.717) is 11.4 Å². The van der Waals surface area contributed by atoms with Gasteiger partial charge in [0.2, 0.25) is 0 Å². The van der Waals surface area contributed by atoms with Crippen LogP contribution < -0.4 is 5.73 Å². The number of pyridine rings is 1. The Labute approximate surface area is 79.9 Å². The van der Waals surface area contributed by atoms with Crippen LogP contribution in [0.1, 0.15) is 11.4 Å². The molecule has 0 spiro atoms. The molecule has 0 bridgehead atoms. The smallest absolute Gasteiger partial charge is 0.320 e. The van der Waals surface area contributed by atoms with Crippen molar-refractivity contribution in [2.45, 2.75) is 25.6 Å². The molecule has 1 heterocycles. The lowest BCUT2D eigenvalue weighted by molar-refractivity contribution is -0.147. The molecule has 78 valence electrons. The highest BCUT2D eigenvalue weighted by Gasteiger charge is 2.36. The van der Waals surface area contributed by atoms with E-state index in [0.717, 1.165) is 0 Å². The number of rotatable bonds is 2. The molecule has 0 saturated carbocycles. The highest BCUT2D eigenvalue weighted by Crippen LogP contribution is 2.20. The van der Waals surface area contributed by atoms with Crippen molar-refractivity contribution < 1.29 is 13.2 Å². The van der Waals surface area contributed by atoms with Crippen LogP contribution in [0, 0.1) is 6.92 Å². The van der Waals surface area contributed by atoms with Gasteiger partial charge in [-0.25, -0.2) is 0 Å². The van der Waals surface area contributed by atoms with Crippen molar-refractivity contribution >= 4 is 0 Å². The Bertz CT molecular complexity index is 309. The van der Waals surface area contributed by atoms with E-state index in [1.807, 2.05) is 0 Å². The zero-order valence-corrected chi connectivity index (χ0v) is 7.67. The molecule has 1 atom stereocenters. The normalized spacial score (nSPS) is 14.1. The fourth-order valence-corrected chi connectivity index (χ4v) is 1.05. The molecule has 14 heavy (non-hydrogen) atoms. The molecule has 0 fully saturated rings. The lowest BCUT2D eigenvalue weighted by Crippen LogP contribution is -2.39. The summed E-state index contributed by atoms with van der Waals surface area (Å²) in [5, 5.41) is 0. The first-order chi connectivity index (χ1) is 6.39. The minimum absolute atomic E-state index is 0.273. The van der Waals surface area contributed by atoms with E-state index in [1.165, 1.54) is 0 Å². The van der Waals surface area contributed by atoms with Crippen molar-refractivity contribution in [1.82, 2.24) is 4.98 Å². The fourth-order valence-electron chi connectivity index (χ4n) is 1.05. The van der Waals surface area contributed by atoms with Crippen LogP contribution in [0.2, 0.25) is 0 Å². The van der Waals surface area contributed by atoms with Crippen molar-refractivity contribution in [3.8, 4) is 0 Å². The van der Waals surface area contributed by atoms with Gasteiger partial charge >= 0.3 is 6.18 Å². The molecule has 5 heteroatoms. The topological polar surface area (TPSA) is 38.9 Å². The van der Waals surface area contributed by atoms with Crippen molar-refractivity contribution in [2.24, 2.45) is 5.73 Å². The summed E-state index contributed by atoms with van der Waals surface area (Å²) in [4.78, 5) is 3.95. The predicted molar refractivity (Wildman–Crippen MR) is 46.7 cm³/mol. The number of hydrogen-bond donors (Lipinski definition) is 1. The van der Waals surface area contributed by atoms with Gasteiger partial charge in [-0.1, -0.05) is 6.07 Å². The Morgan fingerprint density at radius 1 is 1.43 bits per heavy atom. The monoisotopic (exact) mass is 204 g/mol. The maximum Gasteiger partial charge on any atom is 0.404 e. The summed E-state index contributed by atoms with van der Waals surface area (Å²) in [6.45, 7) is 1.72. The van der Waals surface area contributed by atoms with E-state index in [4.69, 9.17) is 5.73 Å². The van der Waals surface area contributed by atoms with Gasteiger partial charge in [0.1, 0.15) is 6.04 Å². The zero-order valence-electron chi connectivity index (χ0n) is 7.67. The van der Waals surface area contributed by atoms with Crippen LogP contribution in [-0.4, -0.2) is 17.2 Å². The number of aryl methyl sites for hydroxylation is 1. The SMILES string of the molecule is Cc1cccc(CC(N)C(F)(F)F)n1. The lowest BCUT2D eigenvalue weighted by Gasteiger charge is -2.14. The number of nitrogens with zero attached hydrogens (tertiary/aromatic N) is 1. The van der Waals surface area contributed by atoms with Gasteiger partial charge in [0.05, 0.1) is 0 Å². The number of halogens is 3. The second-order valence-electron chi connectivity index (χ2n) is 3.12. The van der Waals surface area contributed by atoms with E-state index in [-0.39, 0.29) is 6.42 Å². The number of alkyl halides is 3. The van der Waals surface area contributed by atoms with Crippen molar-refractivity contribution in [1.29, 1.82) is 0 Å². The average Bonchev–Trinajstić information content (AvgIpc) is 2.02. The largest absolute Gasteiger partial charge is 0.404 e. The molecule has 2 N–H and O–H groups in total. The lowest BCUT2D eigenvalue weighted by atomic mass is 10.1. The summed E-state index contributed by atoms with van der Waals surface area (Å²) >= 11 is 0. The van der Waals surface area contributed by atoms with Gasteiger partial charge in [-0.3, -0.25) is 4.98 Å². The Morgan fingerprint density at radius 3 is 2.57 bits per heavy atom. The van der Waals surface area contributed by atoms with Gasteiger partial charge in [0.15, 0.2) is 0 Å². The second-order valence-corrected chi connectivity index (χ2v) is 3.12. The van der Waals surface area contributed by atoms with Crippen molar-refractivity contribution in [3.63, 3.8) is 0 Å². The highest BCUT2D eigenvalue weighted by atomic mass is 19.4. The van der Waals surface area contributed by atoms with Crippen molar-refractivity contribution in [2.75, 3.05) is 0 Å². The predicted octanol–water partition coefficient (Wildman–Crippen LogP) is 1.82. The van der Waals surface area contributed by atoms with Crippen LogP contribution in [-0.2, 0) is 6.42 Å². The molecular formula is C9H11F3N2. The van der Waals surface area contributed by atoms with Gasteiger partial charge in [0, 0.05) is 17.8 Å². The van der Waals surface area contributed by atoms with Gasteiger partial charge in [-0.2, -0.15) is 13.2 Å². The maximum atomic E-state index is 12.1. The third kappa shape index (κ3) is 2.99. The van der Waals surface area contributed by atoms with Crippen molar-refractivity contribution in [3.05, 3.63) is 29.6 Å². The Kier molecular flexibility index (Phi) is 3.10. The van der Waals surface area contributed by atoms with Crippen LogP contribution >= 0.6 is 0 Å². The minimum Gasteiger partial charge on any atom is -0.320 e. The summed E-state index contributed by atoms with van der Waals surface area (Å²) in [5.74, 6) is 0. The second kappa shape index (κ2) is 3.96. The maximum absolute atomic E-state index is 12.1. The molecule has 0 radical (unpaired) electrons. The third-order valence-electron chi connectivity index (χ3n) is 1.80. The van der Waals surface area contributed by atoms with Gasteiger partial charge in [0.25, 0.3) is 0 Å². The van der Waals surface area contributed by atoms with E-state index < -0.39 is 12.2 Å². The molecule has 0 aliphatic heterocycles. The molecule has 0 aliphatic carbocycles. The Morgan fingerprint density at radius 2 is 2.07 bits per heavy atom. The molecule has 0 saturated heterocycles. The molecule has 0 aliphatic rings. The molecule has 1 unspecified atom stereocenters. The van der Waals surface area contributed by atoms with E-state index in [1.54, 1.807) is 25.1 Å². The summed E-state index contributed by atoms with van der Waals surface area (Å²) in [6, 6.07) is 3.10. The molecule has 1 aromatic heterocycles. The molecular weight excluding hydrogens is 193 g/mol. The summed E-state index contributed by atoms with van der Waals surface area (Å²) in [7, 11) is 0. The number of hydrogen-bond acceptors (Lipinski definition) is 2. The van der Waals surface area contributed by atoms with E-state index in [2.05, 4.69) is 4.98 Å². The Hall–Kier alpha value is -1.10. The highest BCUT2D eigenvalue weighted by molar-refractivity contribution is 5.11. The fraction of sp³-hybridized carbons (Fsp3) is 0.444. The van der Waals surface area contributed by atoms with Crippen LogP contribution in [0.3, 0.4) is 0 Å². The first kappa shape index (κ1) is 11.0. The molecule has 1 rings (SSSR count). The standard InChI is InChI=1S/C9H11F3N2/c1-6-3-2-4-7(14-6)5-8(13)9(10,11)12/h2-4,8H,5,13H2,1H3. The van der Waals surface area contributed by atoms with Crippen LogP contribution in [0.15, 0.2) is 18.2 Å². The number of nitrogens with two attached hydrogens (primary N) is 1. The Balaban J connectivity index is 2.70. The average molecular weight is 204 g/mol. The molecule has 1 aromatic rings. The van der Waals surface area contributed by atoms with Crippen LogP contribution in [0.25, 0.3) is 0 Å².